The van der Waals surface area contributed by atoms with E-state index in [-0.39, 0.29) is 0 Å². The molecule has 0 aliphatic heterocycles. The van der Waals surface area contributed by atoms with E-state index < -0.39 is 0 Å². The van der Waals surface area contributed by atoms with Gasteiger partial charge >= 0.3 is 0 Å². The van der Waals surface area contributed by atoms with Crippen LogP contribution in [0.4, 0.5) is 5.69 Å². The predicted molar refractivity (Wildman–Crippen MR) is 107 cm³/mol. The first-order valence-electron chi connectivity index (χ1n) is 7.71. The lowest BCUT2D eigenvalue weighted by Gasteiger charge is -2.11. The van der Waals surface area contributed by atoms with Crippen LogP contribution in [0.2, 0.25) is 0 Å². The van der Waals surface area contributed by atoms with Gasteiger partial charge in [-0.2, -0.15) is 0 Å². The van der Waals surface area contributed by atoms with Crippen molar-refractivity contribution in [2.75, 3.05) is 5.32 Å². The lowest BCUT2D eigenvalue weighted by molar-refractivity contribution is 0.926. The summed E-state index contributed by atoms with van der Waals surface area (Å²) in [6.07, 6.45) is 0. The van der Waals surface area contributed by atoms with Gasteiger partial charge in [-0.3, -0.25) is 0 Å². The van der Waals surface area contributed by atoms with Crippen LogP contribution in [0, 0.1) is 0 Å². The molecule has 2 N–H and O–H groups in total. The average molecular weight is 351 g/mol. The third-order valence-electron chi connectivity index (χ3n) is 3.37. The third kappa shape index (κ3) is 5.11. The number of rotatable bonds is 5. The van der Waals surface area contributed by atoms with Gasteiger partial charge in [0.05, 0.1) is 0 Å². The molecule has 0 aromatic heterocycles. The summed E-state index contributed by atoms with van der Waals surface area (Å²) >= 11 is 7.11. The second kappa shape index (κ2) is 8.52. The van der Waals surface area contributed by atoms with Crippen LogP contribution in [0.1, 0.15) is 5.56 Å². The molecule has 0 aliphatic carbocycles. The topological polar surface area (TPSA) is 24.1 Å². The minimum Gasteiger partial charge on any atom is -0.358 e. The maximum atomic E-state index is 5.38. The van der Waals surface area contributed by atoms with Crippen molar-refractivity contribution < 1.29 is 0 Å². The fraction of sp³-hybridized carbons (Fsp3) is 0.0500. The van der Waals surface area contributed by atoms with Crippen LogP contribution in [-0.2, 0) is 6.54 Å². The van der Waals surface area contributed by atoms with Gasteiger partial charge in [0.25, 0.3) is 0 Å². The fourth-order valence-corrected chi connectivity index (χ4v) is 3.30. The molecule has 0 fully saturated rings. The Morgan fingerprint density at radius 3 is 2.21 bits per heavy atom. The molecule has 0 heterocycles. The highest BCUT2D eigenvalue weighted by Gasteiger charge is 2.01. The highest BCUT2D eigenvalue weighted by molar-refractivity contribution is 7.99. The van der Waals surface area contributed by atoms with Crippen LogP contribution >= 0.6 is 24.0 Å². The van der Waals surface area contributed by atoms with Crippen LogP contribution in [0.3, 0.4) is 0 Å². The van der Waals surface area contributed by atoms with Gasteiger partial charge in [-0.05, 0) is 48.1 Å². The van der Waals surface area contributed by atoms with Gasteiger partial charge in [0.1, 0.15) is 0 Å². The first-order valence-corrected chi connectivity index (χ1v) is 8.94. The number of nitrogens with one attached hydrogen (secondary N) is 2. The monoisotopic (exact) mass is 350 g/mol. The number of benzene rings is 3. The van der Waals surface area contributed by atoms with Crippen molar-refractivity contribution in [3.8, 4) is 0 Å². The maximum absolute atomic E-state index is 5.38. The summed E-state index contributed by atoms with van der Waals surface area (Å²) in [5.41, 5.74) is 2.19. The molecule has 3 rings (SSSR count). The zero-order valence-corrected chi connectivity index (χ0v) is 14.7. The summed E-state index contributed by atoms with van der Waals surface area (Å²) in [5.74, 6) is 0. The number of thiocarbonyl (C=S) groups is 1. The fourth-order valence-electron chi connectivity index (χ4n) is 2.22. The van der Waals surface area contributed by atoms with E-state index in [1.165, 1.54) is 15.4 Å². The van der Waals surface area contributed by atoms with Gasteiger partial charge in [0, 0.05) is 22.0 Å². The summed E-state index contributed by atoms with van der Waals surface area (Å²) in [6, 6.07) is 28.8. The van der Waals surface area contributed by atoms with Crippen molar-refractivity contribution in [1.29, 1.82) is 0 Å². The number of hydrogen-bond donors (Lipinski definition) is 2. The lowest BCUT2D eigenvalue weighted by Crippen LogP contribution is -2.27. The van der Waals surface area contributed by atoms with Gasteiger partial charge in [-0.15, -0.1) is 0 Å². The largest absolute Gasteiger partial charge is 0.358 e. The zero-order chi connectivity index (χ0) is 16.6. The molecule has 0 spiro atoms. The molecule has 0 aliphatic rings. The highest BCUT2D eigenvalue weighted by Crippen LogP contribution is 2.28. The van der Waals surface area contributed by atoms with Crippen LogP contribution in [-0.4, -0.2) is 5.11 Å². The molecule has 2 nitrogen and oxygen atoms in total. The molecule has 3 aromatic carbocycles. The SMILES string of the molecule is S=C(NCc1ccccc1)Nc1cccc(Sc2ccccc2)c1. The Morgan fingerprint density at radius 1 is 0.792 bits per heavy atom. The van der Waals surface area contributed by atoms with Crippen molar-refractivity contribution in [3.63, 3.8) is 0 Å². The first-order chi connectivity index (χ1) is 11.8. The summed E-state index contributed by atoms with van der Waals surface area (Å²) in [4.78, 5) is 2.40. The van der Waals surface area contributed by atoms with E-state index in [0.29, 0.717) is 11.7 Å². The van der Waals surface area contributed by atoms with E-state index in [1.54, 1.807) is 11.8 Å². The van der Waals surface area contributed by atoms with Crippen molar-refractivity contribution in [2.45, 2.75) is 16.3 Å². The Bertz CT molecular complexity index is 789. The molecule has 0 unspecified atom stereocenters. The zero-order valence-electron chi connectivity index (χ0n) is 13.1. The minimum atomic E-state index is 0.626. The van der Waals surface area contributed by atoms with Crippen molar-refractivity contribution in [2.24, 2.45) is 0 Å². The second-order valence-corrected chi connectivity index (χ2v) is 6.79. The first kappa shape index (κ1) is 16.6. The van der Waals surface area contributed by atoms with E-state index in [2.05, 4.69) is 47.0 Å². The molecule has 0 radical (unpaired) electrons. The summed E-state index contributed by atoms with van der Waals surface area (Å²) in [7, 11) is 0. The normalized spacial score (nSPS) is 10.2. The number of hydrogen-bond acceptors (Lipinski definition) is 2. The van der Waals surface area contributed by atoms with Crippen LogP contribution in [0.5, 0.6) is 0 Å². The highest BCUT2D eigenvalue weighted by atomic mass is 32.2. The molecule has 0 saturated heterocycles. The third-order valence-corrected chi connectivity index (χ3v) is 4.61. The lowest BCUT2D eigenvalue weighted by atomic mass is 10.2. The Morgan fingerprint density at radius 2 is 1.46 bits per heavy atom. The summed E-state index contributed by atoms with van der Waals surface area (Å²) < 4.78 is 0. The Labute approximate surface area is 152 Å². The summed E-state index contributed by atoms with van der Waals surface area (Å²) in [6.45, 7) is 0.713. The standard InChI is InChI=1S/C20H18N2S2/c23-20(21-15-16-8-3-1-4-9-16)22-17-10-7-13-19(14-17)24-18-11-5-2-6-12-18/h1-14H,15H2,(H2,21,22,23). The van der Waals surface area contributed by atoms with Crippen molar-refractivity contribution in [3.05, 3.63) is 90.5 Å². The molecule has 0 bridgehead atoms. The molecule has 0 saturated carbocycles. The molecular weight excluding hydrogens is 332 g/mol. The Kier molecular flexibility index (Phi) is 5.88. The van der Waals surface area contributed by atoms with Gasteiger partial charge in [-0.25, -0.2) is 0 Å². The molecule has 0 atom stereocenters. The molecule has 0 amide bonds. The van der Waals surface area contributed by atoms with Gasteiger partial charge < -0.3 is 10.6 Å². The van der Waals surface area contributed by atoms with Crippen LogP contribution < -0.4 is 10.6 Å². The molecule has 3 aromatic rings. The smallest absolute Gasteiger partial charge is 0.171 e. The maximum Gasteiger partial charge on any atom is 0.171 e. The molecule has 24 heavy (non-hydrogen) atoms. The van der Waals surface area contributed by atoms with E-state index >= 15 is 0 Å². The molecule has 4 heteroatoms. The Balaban J connectivity index is 1.57. The predicted octanol–water partition coefficient (Wildman–Crippen LogP) is 5.32. The van der Waals surface area contributed by atoms with Crippen molar-refractivity contribution >= 4 is 34.8 Å². The van der Waals surface area contributed by atoms with E-state index in [0.717, 1.165) is 5.69 Å². The van der Waals surface area contributed by atoms with Gasteiger partial charge in [0.2, 0.25) is 0 Å². The van der Waals surface area contributed by atoms with E-state index in [1.807, 2.05) is 48.5 Å². The molecule has 120 valence electrons. The van der Waals surface area contributed by atoms with E-state index in [9.17, 15) is 0 Å². The van der Waals surface area contributed by atoms with Crippen LogP contribution in [0.25, 0.3) is 0 Å². The van der Waals surface area contributed by atoms with E-state index in [4.69, 9.17) is 12.2 Å². The number of anilines is 1. The average Bonchev–Trinajstić information content (AvgIpc) is 2.62. The molecular formula is C20H18N2S2. The second-order valence-electron chi connectivity index (χ2n) is 5.24. The minimum absolute atomic E-state index is 0.626. The van der Waals surface area contributed by atoms with Crippen LogP contribution in [0.15, 0.2) is 94.7 Å². The summed E-state index contributed by atoms with van der Waals surface area (Å²) in [5, 5.41) is 7.10. The Hall–Kier alpha value is -2.30. The quantitative estimate of drug-likeness (QED) is 0.608. The van der Waals surface area contributed by atoms with Crippen molar-refractivity contribution in [1.82, 2.24) is 5.32 Å². The van der Waals surface area contributed by atoms with Gasteiger partial charge in [-0.1, -0.05) is 66.4 Å². The van der Waals surface area contributed by atoms with Gasteiger partial charge in [0.15, 0.2) is 5.11 Å².